The molecule has 1 aromatic carbocycles. The molecule has 1 unspecified atom stereocenters. The Bertz CT molecular complexity index is 831. The number of primary amides is 1. The normalized spacial score (nSPS) is 17.0. The fourth-order valence-electron chi connectivity index (χ4n) is 3.31. The number of nitrogens with two attached hydrogens (primary N) is 1. The zero-order valence-corrected chi connectivity index (χ0v) is 16.4. The minimum Gasteiger partial charge on any atom is -0.351 e. The van der Waals surface area contributed by atoms with Crippen molar-refractivity contribution in [3.8, 4) is 0 Å². The Morgan fingerprint density at radius 2 is 2.11 bits per heavy atom. The van der Waals surface area contributed by atoms with Crippen molar-refractivity contribution in [2.24, 2.45) is 5.73 Å². The third kappa shape index (κ3) is 5.77. The molecule has 8 heteroatoms. The van der Waals surface area contributed by atoms with Crippen molar-refractivity contribution in [1.82, 2.24) is 10.6 Å². The minimum absolute atomic E-state index is 0.0641. The first-order valence-electron chi connectivity index (χ1n) is 9.46. The molecule has 2 heterocycles. The van der Waals surface area contributed by atoms with Crippen molar-refractivity contribution in [2.75, 3.05) is 18.4 Å². The van der Waals surface area contributed by atoms with E-state index in [0.29, 0.717) is 23.4 Å². The van der Waals surface area contributed by atoms with Crippen molar-refractivity contribution in [1.29, 1.82) is 0 Å². The molecule has 6 nitrogen and oxygen atoms in total. The highest BCUT2D eigenvalue weighted by Gasteiger charge is 2.21. The molecule has 1 aliphatic heterocycles. The second kappa shape index (κ2) is 9.66. The van der Waals surface area contributed by atoms with Gasteiger partial charge >= 0.3 is 6.03 Å². The van der Waals surface area contributed by atoms with E-state index >= 15 is 0 Å². The molecule has 0 bridgehead atoms. The summed E-state index contributed by atoms with van der Waals surface area (Å²) in [4.78, 5) is 25.5. The second-order valence-electron chi connectivity index (χ2n) is 6.94. The highest BCUT2D eigenvalue weighted by molar-refractivity contribution is 7.14. The van der Waals surface area contributed by atoms with E-state index in [1.807, 2.05) is 6.07 Å². The number of anilines is 1. The van der Waals surface area contributed by atoms with Gasteiger partial charge in [0, 0.05) is 17.5 Å². The number of carbonyl (C=O) groups is 2. The summed E-state index contributed by atoms with van der Waals surface area (Å²) in [5.41, 5.74) is 6.57. The van der Waals surface area contributed by atoms with Crippen LogP contribution in [0.3, 0.4) is 0 Å². The quantitative estimate of drug-likeness (QED) is 0.596. The summed E-state index contributed by atoms with van der Waals surface area (Å²) in [5, 5.41) is 8.91. The summed E-state index contributed by atoms with van der Waals surface area (Å²) in [6, 6.07) is 7.59. The molecule has 2 aromatic rings. The van der Waals surface area contributed by atoms with Gasteiger partial charge in [-0.15, -0.1) is 11.3 Å². The predicted molar refractivity (Wildman–Crippen MR) is 109 cm³/mol. The van der Waals surface area contributed by atoms with Crippen LogP contribution in [0, 0.1) is 5.82 Å². The lowest BCUT2D eigenvalue weighted by Crippen LogP contribution is -2.40. The third-order valence-corrected chi connectivity index (χ3v) is 5.87. The largest absolute Gasteiger partial charge is 0.351 e. The molecule has 5 N–H and O–H groups in total. The van der Waals surface area contributed by atoms with Gasteiger partial charge in [0.1, 0.15) is 10.7 Å². The first-order valence-corrected chi connectivity index (χ1v) is 10.3. The fraction of sp³-hybridized carbons (Fsp3) is 0.400. The van der Waals surface area contributed by atoms with Crippen molar-refractivity contribution < 1.29 is 14.0 Å². The first-order chi connectivity index (χ1) is 13.5. The highest BCUT2D eigenvalue weighted by Crippen LogP contribution is 2.29. The molecular formula is C20H25FN4O2S. The van der Waals surface area contributed by atoms with E-state index in [2.05, 4.69) is 16.0 Å². The van der Waals surface area contributed by atoms with E-state index in [0.717, 1.165) is 42.8 Å². The summed E-state index contributed by atoms with van der Waals surface area (Å²) >= 11 is 1.33. The molecule has 1 aliphatic rings. The number of halogens is 1. The lowest BCUT2D eigenvalue weighted by Gasteiger charge is -2.16. The number of hydrogen-bond donors (Lipinski definition) is 4. The van der Waals surface area contributed by atoms with E-state index < -0.39 is 6.03 Å². The van der Waals surface area contributed by atoms with Crippen LogP contribution in [0.15, 0.2) is 30.3 Å². The lowest BCUT2D eigenvalue weighted by molar-refractivity contribution is 0.0940. The average molecular weight is 405 g/mol. The monoisotopic (exact) mass is 404 g/mol. The van der Waals surface area contributed by atoms with Crippen LogP contribution in [0.2, 0.25) is 0 Å². The molecule has 0 spiro atoms. The van der Waals surface area contributed by atoms with Crippen LogP contribution in [0.4, 0.5) is 14.9 Å². The van der Waals surface area contributed by atoms with Gasteiger partial charge in [-0.3, -0.25) is 4.79 Å². The van der Waals surface area contributed by atoms with Gasteiger partial charge in [0.15, 0.2) is 0 Å². The Labute approximate surface area is 167 Å². The molecule has 0 radical (unpaired) electrons. The van der Waals surface area contributed by atoms with Gasteiger partial charge in [-0.1, -0.05) is 18.6 Å². The summed E-state index contributed by atoms with van der Waals surface area (Å²) < 4.78 is 13.3. The smallest absolute Gasteiger partial charge is 0.316 e. The van der Waals surface area contributed by atoms with Crippen molar-refractivity contribution in [3.63, 3.8) is 0 Å². The molecule has 1 aromatic heterocycles. The van der Waals surface area contributed by atoms with E-state index in [1.165, 1.54) is 23.5 Å². The Morgan fingerprint density at radius 1 is 1.25 bits per heavy atom. The Hall–Kier alpha value is -2.45. The molecule has 3 amide bonds. The van der Waals surface area contributed by atoms with Crippen LogP contribution in [-0.2, 0) is 12.8 Å². The van der Waals surface area contributed by atoms with Gasteiger partial charge in [-0.25, -0.2) is 9.18 Å². The number of aryl methyl sites for hydroxylation is 2. The number of amides is 3. The summed E-state index contributed by atoms with van der Waals surface area (Å²) in [6.07, 6.45) is 4.37. The SMILES string of the molecule is NC(=O)Nc1cc(CCc2cccc(F)c2)sc1C(=O)NC1CCCCNC1. The van der Waals surface area contributed by atoms with Gasteiger partial charge in [-0.05, 0) is 56.0 Å². The maximum Gasteiger partial charge on any atom is 0.316 e. The Balaban J connectivity index is 1.71. The number of rotatable bonds is 6. The number of carbonyl (C=O) groups excluding carboxylic acids is 2. The molecule has 1 saturated heterocycles. The maximum absolute atomic E-state index is 13.3. The molecule has 1 fully saturated rings. The van der Waals surface area contributed by atoms with Crippen molar-refractivity contribution >= 4 is 29.0 Å². The summed E-state index contributed by atoms with van der Waals surface area (Å²) in [6.45, 7) is 1.70. The first kappa shape index (κ1) is 20.3. The number of nitrogens with one attached hydrogen (secondary N) is 3. The number of hydrogen-bond acceptors (Lipinski definition) is 4. The van der Waals surface area contributed by atoms with Crippen LogP contribution < -0.4 is 21.7 Å². The maximum atomic E-state index is 13.3. The minimum atomic E-state index is -0.709. The van der Waals surface area contributed by atoms with Gasteiger partial charge in [0.05, 0.1) is 5.69 Å². The number of thiophene rings is 1. The molecule has 28 heavy (non-hydrogen) atoms. The van der Waals surface area contributed by atoms with Crippen LogP contribution >= 0.6 is 11.3 Å². The van der Waals surface area contributed by atoms with E-state index in [9.17, 15) is 14.0 Å². The fourth-order valence-corrected chi connectivity index (χ4v) is 4.33. The zero-order valence-electron chi connectivity index (χ0n) is 15.6. The van der Waals surface area contributed by atoms with E-state index in [-0.39, 0.29) is 17.8 Å². The van der Waals surface area contributed by atoms with Gasteiger partial charge in [0.2, 0.25) is 0 Å². The molecule has 150 valence electrons. The second-order valence-corrected chi connectivity index (χ2v) is 8.08. The van der Waals surface area contributed by atoms with Crippen LogP contribution in [0.5, 0.6) is 0 Å². The summed E-state index contributed by atoms with van der Waals surface area (Å²) in [5.74, 6) is -0.476. The molecule has 1 atom stereocenters. The predicted octanol–water partition coefficient (Wildman–Crippen LogP) is 3.03. The van der Waals surface area contributed by atoms with Crippen LogP contribution in [0.25, 0.3) is 0 Å². The van der Waals surface area contributed by atoms with Crippen molar-refractivity contribution in [2.45, 2.75) is 38.1 Å². The molecular weight excluding hydrogens is 379 g/mol. The van der Waals surface area contributed by atoms with Crippen LogP contribution in [-0.4, -0.2) is 31.1 Å². The Morgan fingerprint density at radius 3 is 2.89 bits per heavy atom. The van der Waals surface area contributed by atoms with Crippen molar-refractivity contribution in [3.05, 3.63) is 51.5 Å². The topological polar surface area (TPSA) is 96.2 Å². The summed E-state index contributed by atoms with van der Waals surface area (Å²) in [7, 11) is 0. The standard InChI is InChI=1S/C20H25FN4O2S/c21-14-5-3-4-13(10-14)7-8-16-11-17(25-20(22)27)18(28-16)19(26)24-15-6-1-2-9-23-12-15/h3-5,10-11,15,23H,1-2,6-9,12H2,(H,24,26)(H3,22,25,27). The van der Waals surface area contributed by atoms with Gasteiger partial charge in [-0.2, -0.15) is 0 Å². The third-order valence-electron chi connectivity index (χ3n) is 4.68. The van der Waals surface area contributed by atoms with E-state index in [4.69, 9.17) is 5.73 Å². The van der Waals surface area contributed by atoms with Crippen LogP contribution in [0.1, 0.15) is 39.4 Å². The average Bonchev–Trinajstić information content (AvgIpc) is 2.86. The highest BCUT2D eigenvalue weighted by atomic mass is 32.1. The van der Waals surface area contributed by atoms with E-state index in [1.54, 1.807) is 12.1 Å². The number of benzene rings is 1. The lowest BCUT2D eigenvalue weighted by atomic mass is 10.1. The van der Waals surface area contributed by atoms with Gasteiger partial charge < -0.3 is 21.7 Å². The molecule has 3 rings (SSSR count). The zero-order chi connectivity index (χ0) is 19.9. The molecule has 0 aliphatic carbocycles. The van der Waals surface area contributed by atoms with Gasteiger partial charge in [0.25, 0.3) is 5.91 Å². The number of urea groups is 1. The Kier molecular flexibility index (Phi) is 7.00. The molecule has 0 saturated carbocycles.